The van der Waals surface area contributed by atoms with E-state index in [4.69, 9.17) is 23.7 Å². The molecule has 0 aliphatic heterocycles. The van der Waals surface area contributed by atoms with E-state index >= 15 is 0 Å². The number of ether oxygens (including phenoxy) is 5. The molecule has 0 unspecified atom stereocenters. The first-order valence-electron chi connectivity index (χ1n) is 16.3. The predicted octanol–water partition coefficient (Wildman–Crippen LogP) is 7.67. The molecular weight excluding hydrogens is 620 g/mol. The van der Waals surface area contributed by atoms with Gasteiger partial charge in [0.1, 0.15) is 17.2 Å². The largest absolute Gasteiger partial charge is 0.493 e. The average Bonchev–Trinajstić information content (AvgIpc) is 3.13. The molecule has 8 heteroatoms. The minimum Gasteiger partial charge on any atom is -0.493 e. The van der Waals surface area contributed by atoms with Crippen LogP contribution in [-0.2, 0) is 38.3 Å². The van der Waals surface area contributed by atoms with Crippen molar-refractivity contribution in [3.8, 4) is 17.2 Å². The van der Waals surface area contributed by atoms with E-state index in [1.54, 1.807) is 24.3 Å². The van der Waals surface area contributed by atoms with Crippen molar-refractivity contribution in [3.63, 3.8) is 0 Å². The molecule has 0 saturated carbocycles. The number of rotatable bonds is 20. The molecule has 0 spiro atoms. The van der Waals surface area contributed by atoms with E-state index in [1.807, 2.05) is 36.4 Å². The lowest BCUT2D eigenvalue weighted by Gasteiger charge is -2.09. The molecule has 0 heterocycles. The summed E-state index contributed by atoms with van der Waals surface area (Å²) in [7, 11) is 0. The van der Waals surface area contributed by atoms with Gasteiger partial charge in [-0.05, 0) is 96.5 Å². The van der Waals surface area contributed by atoms with Crippen LogP contribution in [0, 0.1) is 0 Å². The third-order valence-corrected chi connectivity index (χ3v) is 7.45. The molecule has 254 valence electrons. The molecule has 49 heavy (non-hydrogen) atoms. The van der Waals surface area contributed by atoms with Crippen LogP contribution in [0.15, 0.2) is 122 Å². The summed E-state index contributed by atoms with van der Waals surface area (Å²) < 4.78 is 26.7. The van der Waals surface area contributed by atoms with Crippen LogP contribution in [0.25, 0.3) is 0 Å². The Morgan fingerprint density at radius 1 is 0.490 bits per heavy atom. The van der Waals surface area contributed by atoms with E-state index in [0.717, 1.165) is 43.6 Å². The summed E-state index contributed by atoms with van der Waals surface area (Å²) in [5, 5.41) is 0. The molecule has 8 nitrogen and oxygen atoms in total. The van der Waals surface area contributed by atoms with Gasteiger partial charge < -0.3 is 23.7 Å². The summed E-state index contributed by atoms with van der Waals surface area (Å²) in [4.78, 5) is 34.7. The Bertz CT molecular complexity index is 1640. The SMILES string of the molecule is C=CC(=O)OCCCOc1ccc(Cc2ccc(CCCc3ccc(OC(=O)c4ccc(OCCCOC(=O)C=C)cc4)cc3)cc2)cc1. The molecule has 0 aliphatic carbocycles. The van der Waals surface area contributed by atoms with Gasteiger partial charge in [-0.1, -0.05) is 61.7 Å². The Hall–Kier alpha value is -5.63. The summed E-state index contributed by atoms with van der Waals surface area (Å²) in [5.41, 5.74) is 5.35. The highest BCUT2D eigenvalue weighted by Crippen LogP contribution is 2.20. The first-order valence-corrected chi connectivity index (χ1v) is 16.3. The number of hydrogen-bond donors (Lipinski definition) is 0. The highest BCUT2D eigenvalue weighted by molar-refractivity contribution is 5.91. The fourth-order valence-corrected chi connectivity index (χ4v) is 4.80. The zero-order valence-corrected chi connectivity index (χ0v) is 27.6. The second kappa shape index (κ2) is 19.9. The summed E-state index contributed by atoms with van der Waals surface area (Å²) >= 11 is 0. The molecule has 0 aliphatic rings. The van der Waals surface area contributed by atoms with Crippen molar-refractivity contribution in [3.05, 3.63) is 150 Å². The van der Waals surface area contributed by atoms with E-state index in [0.29, 0.717) is 49.7 Å². The summed E-state index contributed by atoms with van der Waals surface area (Å²) in [6.07, 6.45) is 7.17. The Labute approximate surface area is 287 Å². The second-order valence-electron chi connectivity index (χ2n) is 11.2. The lowest BCUT2D eigenvalue weighted by atomic mass is 10.0. The van der Waals surface area contributed by atoms with Crippen molar-refractivity contribution in [1.82, 2.24) is 0 Å². The van der Waals surface area contributed by atoms with Crippen molar-refractivity contribution in [2.45, 2.75) is 38.5 Å². The zero-order chi connectivity index (χ0) is 34.7. The minimum absolute atomic E-state index is 0.250. The van der Waals surface area contributed by atoms with E-state index in [9.17, 15) is 14.4 Å². The smallest absolute Gasteiger partial charge is 0.343 e. The minimum atomic E-state index is -0.459. The maximum Gasteiger partial charge on any atom is 0.343 e. The van der Waals surface area contributed by atoms with Crippen LogP contribution in [0.3, 0.4) is 0 Å². The molecular formula is C41H42O8. The molecule has 0 saturated heterocycles. The van der Waals surface area contributed by atoms with Gasteiger partial charge in [0.2, 0.25) is 0 Å². The van der Waals surface area contributed by atoms with E-state index in [1.165, 1.54) is 22.3 Å². The third-order valence-electron chi connectivity index (χ3n) is 7.45. The van der Waals surface area contributed by atoms with Crippen molar-refractivity contribution in [2.75, 3.05) is 26.4 Å². The van der Waals surface area contributed by atoms with Gasteiger partial charge in [-0.3, -0.25) is 0 Å². The van der Waals surface area contributed by atoms with Gasteiger partial charge in [0.05, 0.1) is 32.0 Å². The number of carbonyl (C=O) groups is 3. The van der Waals surface area contributed by atoms with E-state index in [2.05, 4.69) is 49.6 Å². The van der Waals surface area contributed by atoms with Crippen LogP contribution in [0.5, 0.6) is 17.2 Å². The quantitative estimate of drug-likeness (QED) is 0.0412. The van der Waals surface area contributed by atoms with Gasteiger partial charge in [0, 0.05) is 25.0 Å². The zero-order valence-electron chi connectivity index (χ0n) is 27.6. The summed E-state index contributed by atoms with van der Waals surface area (Å²) in [6.45, 7) is 8.13. The van der Waals surface area contributed by atoms with Crippen molar-refractivity contribution < 1.29 is 38.1 Å². The van der Waals surface area contributed by atoms with E-state index < -0.39 is 17.9 Å². The van der Waals surface area contributed by atoms with Gasteiger partial charge in [-0.15, -0.1) is 0 Å². The van der Waals surface area contributed by atoms with Gasteiger partial charge in [0.25, 0.3) is 0 Å². The topological polar surface area (TPSA) is 97.4 Å². The third kappa shape index (κ3) is 13.2. The number of carbonyl (C=O) groups excluding carboxylic acids is 3. The maximum atomic E-state index is 12.6. The molecule has 0 fully saturated rings. The Kier molecular flexibility index (Phi) is 14.7. The molecule has 0 amide bonds. The Morgan fingerprint density at radius 2 is 0.898 bits per heavy atom. The predicted molar refractivity (Wildman–Crippen MR) is 188 cm³/mol. The summed E-state index contributed by atoms with van der Waals surface area (Å²) in [5.74, 6) is 0.571. The lowest BCUT2D eigenvalue weighted by Crippen LogP contribution is -2.09. The normalized spacial score (nSPS) is 10.4. The van der Waals surface area contributed by atoms with Crippen LogP contribution in [0.2, 0.25) is 0 Å². The fraction of sp³-hybridized carbons (Fsp3) is 0.244. The van der Waals surface area contributed by atoms with Crippen molar-refractivity contribution in [1.29, 1.82) is 0 Å². The standard InChI is InChI=1S/C41H42O8/c1-3-39(42)47-28-6-26-45-36-20-16-34(17-21-36)30-33-12-10-31(11-13-33)8-5-9-32-14-22-38(23-15-32)49-41(44)35-18-24-37(25-19-35)46-27-7-29-48-40(43)4-2/h3-4,10-25H,1-2,5-9,26-30H2. The van der Waals surface area contributed by atoms with Crippen LogP contribution in [0.4, 0.5) is 0 Å². The highest BCUT2D eigenvalue weighted by atomic mass is 16.5. The second-order valence-corrected chi connectivity index (χ2v) is 11.2. The summed E-state index contributed by atoms with van der Waals surface area (Å²) in [6, 6.07) is 31.2. The molecule has 4 aromatic rings. The molecule has 4 rings (SSSR count). The molecule has 0 atom stereocenters. The van der Waals surface area contributed by atoms with Gasteiger partial charge in [-0.2, -0.15) is 0 Å². The van der Waals surface area contributed by atoms with Gasteiger partial charge >= 0.3 is 17.9 Å². The van der Waals surface area contributed by atoms with Gasteiger partial charge in [-0.25, -0.2) is 14.4 Å². The first kappa shape index (κ1) is 36.2. The Balaban J connectivity index is 1.12. The van der Waals surface area contributed by atoms with Crippen LogP contribution in [-0.4, -0.2) is 44.3 Å². The molecule has 4 aromatic carbocycles. The molecule has 0 radical (unpaired) electrons. The van der Waals surface area contributed by atoms with Crippen LogP contribution in [0.1, 0.15) is 51.9 Å². The van der Waals surface area contributed by atoms with E-state index in [-0.39, 0.29) is 6.61 Å². The van der Waals surface area contributed by atoms with Crippen molar-refractivity contribution in [2.24, 2.45) is 0 Å². The molecule has 0 bridgehead atoms. The van der Waals surface area contributed by atoms with Crippen LogP contribution < -0.4 is 14.2 Å². The maximum absolute atomic E-state index is 12.6. The number of benzene rings is 4. The number of aryl methyl sites for hydroxylation is 2. The molecule has 0 N–H and O–H groups in total. The van der Waals surface area contributed by atoms with Crippen LogP contribution >= 0.6 is 0 Å². The number of esters is 3. The monoisotopic (exact) mass is 662 g/mol. The van der Waals surface area contributed by atoms with Crippen molar-refractivity contribution >= 4 is 17.9 Å². The number of hydrogen-bond acceptors (Lipinski definition) is 8. The fourth-order valence-electron chi connectivity index (χ4n) is 4.80. The highest BCUT2D eigenvalue weighted by Gasteiger charge is 2.09. The Morgan fingerprint density at radius 3 is 1.39 bits per heavy atom. The van der Waals surface area contributed by atoms with Gasteiger partial charge in [0.15, 0.2) is 0 Å². The lowest BCUT2D eigenvalue weighted by molar-refractivity contribution is -0.138. The first-order chi connectivity index (χ1) is 23.9. The average molecular weight is 663 g/mol. The molecule has 0 aromatic heterocycles.